The van der Waals surface area contributed by atoms with E-state index in [0.717, 1.165) is 0 Å². The summed E-state index contributed by atoms with van der Waals surface area (Å²) in [5.74, 6) is -1.88. The second-order valence-electron chi connectivity index (χ2n) is 5.95. The number of ether oxygens (including phenoxy) is 1. The van der Waals surface area contributed by atoms with Gasteiger partial charge in [0.1, 0.15) is 23.8 Å². The highest BCUT2D eigenvalue weighted by Gasteiger charge is 2.28. The van der Waals surface area contributed by atoms with E-state index >= 15 is 0 Å². The summed E-state index contributed by atoms with van der Waals surface area (Å²) >= 11 is 0. The molecular weight excluding hydrogens is 304 g/mol. The summed E-state index contributed by atoms with van der Waals surface area (Å²) < 4.78 is 15.1. The van der Waals surface area contributed by atoms with Crippen molar-refractivity contribution >= 4 is 11.8 Å². The Balaban J connectivity index is 2.04. The summed E-state index contributed by atoms with van der Waals surface area (Å²) in [6.07, 6.45) is 3.49. The van der Waals surface area contributed by atoms with Crippen LogP contribution in [0, 0.1) is 5.92 Å². The fraction of sp³-hybridized carbons (Fsp3) is 0.467. The number of aliphatic hydroxyl groups is 1. The van der Waals surface area contributed by atoms with E-state index < -0.39 is 29.9 Å². The average molecular weight is 322 g/mol. The van der Waals surface area contributed by atoms with E-state index in [1.165, 1.54) is 18.9 Å². The molecule has 1 atom stereocenters. The summed E-state index contributed by atoms with van der Waals surface area (Å²) in [6, 6.07) is 0. The van der Waals surface area contributed by atoms with Gasteiger partial charge in [0.2, 0.25) is 5.89 Å². The number of ketones is 1. The number of hydrogen-bond donors (Lipinski definition) is 1. The van der Waals surface area contributed by atoms with Crippen LogP contribution in [-0.2, 0) is 9.53 Å². The van der Waals surface area contributed by atoms with E-state index in [9.17, 15) is 14.7 Å². The van der Waals surface area contributed by atoms with Gasteiger partial charge < -0.3 is 18.7 Å². The van der Waals surface area contributed by atoms with Crippen molar-refractivity contribution in [1.82, 2.24) is 9.97 Å². The van der Waals surface area contributed by atoms with E-state index in [1.807, 2.05) is 0 Å². The second kappa shape index (κ2) is 6.74. The molecule has 1 unspecified atom stereocenters. The minimum atomic E-state index is -0.950. The molecule has 124 valence electrons. The zero-order valence-electron chi connectivity index (χ0n) is 13.1. The van der Waals surface area contributed by atoms with Crippen molar-refractivity contribution in [2.45, 2.75) is 32.8 Å². The average Bonchev–Trinajstić information content (AvgIpc) is 3.12. The lowest BCUT2D eigenvalue weighted by Gasteiger charge is -2.22. The monoisotopic (exact) mass is 322 g/mol. The number of aromatic nitrogens is 2. The molecule has 0 saturated heterocycles. The Morgan fingerprint density at radius 3 is 2.65 bits per heavy atom. The molecule has 0 spiro atoms. The van der Waals surface area contributed by atoms with Crippen molar-refractivity contribution in [3.63, 3.8) is 0 Å². The van der Waals surface area contributed by atoms with Gasteiger partial charge in [0, 0.05) is 6.42 Å². The Morgan fingerprint density at radius 2 is 2.09 bits per heavy atom. The highest BCUT2D eigenvalue weighted by Crippen LogP contribution is 2.19. The highest BCUT2D eigenvalue weighted by atomic mass is 16.6. The van der Waals surface area contributed by atoms with Crippen LogP contribution in [0.4, 0.5) is 0 Å². The molecule has 0 fully saturated rings. The quantitative estimate of drug-likeness (QED) is 0.632. The van der Waals surface area contributed by atoms with Crippen LogP contribution in [0.25, 0.3) is 11.6 Å². The van der Waals surface area contributed by atoms with Crippen molar-refractivity contribution in [2.24, 2.45) is 5.92 Å². The van der Waals surface area contributed by atoms with Crippen LogP contribution < -0.4 is 0 Å². The van der Waals surface area contributed by atoms with E-state index in [0.29, 0.717) is 5.69 Å². The predicted octanol–water partition coefficient (Wildman–Crippen LogP) is 1.85. The van der Waals surface area contributed by atoms with Crippen LogP contribution in [0.15, 0.2) is 27.8 Å². The van der Waals surface area contributed by atoms with E-state index in [1.54, 1.807) is 20.8 Å². The van der Waals surface area contributed by atoms with Gasteiger partial charge in [-0.05, 0) is 20.8 Å². The van der Waals surface area contributed by atoms with Crippen molar-refractivity contribution in [3.8, 4) is 11.6 Å². The third-order valence-electron chi connectivity index (χ3n) is 2.83. The number of Topliss-reactive ketones (excluding diaryl/α,β-unsaturated/α-hetero) is 1. The topological polar surface area (TPSA) is 116 Å². The number of oxazole rings is 2. The van der Waals surface area contributed by atoms with Crippen LogP contribution in [0.5, 0.6) is 0 Å². The third-order valence-corrected chi connectivity index (χ3v) is 2.83. The molecule has 2 aromatic rings. The molecule has 2 aromatic heterocycles. The Labute approximate surface area is 132 Å². The van der Waals surface area contributed by atoms with Gasteiger partial charge in [0.25, 0.3) is 0 Å². The normalized spacial score (nSPS) is 12.9. The van der Waals surface area contributed by atoms with Gasteiger partial charge in [-0.2, -0.15) is 0 Å². The fourth-order valence-corrected chi connectivity index (χ4v) is 1.77. The molecule has 0 radical (unpaired) electrons. The van der Waals surface area contributed by atoms with Crippen molar-refractivity contribution in [1.29, 1.82) is 0 Å². The first-order chi connectivity index (χ1) is 10.8. The fourth-order valence-electron chi connectivity index (χ4n) is 1.77. The zero-order chi connectivity index (χ0) is 17.0. The zero-order valence-corrected chi connectivity index (χ0v) is 13.1. The predicted molar refractivity (Wildman–Crippen MR) is 77.4 cm³/mol. The van der Waals surface area contributed by atoms with Crippen molar-refractivity contribution in [3.05, 3.63) is 24.6 Å². The van der Waals surface area contributed by atoms with Crippen LogP contribution >= 0.6 is 0 Å². The van der Waals surface area contributed by atoms with Gasteiger partial charge in [0.05, 0.1) is 12.5 Å². The second-order valence-corrected chi connectivity index (χ2v) is 5.95. The number of carbonyl (C=O) groups excluding carboxylic acids is 2. The van der Waals surface area contributed by atoms with Gasteiger partial charge in [-0.25, -0.2) is 9.97 Å². The third kappa shape index (κ3) is 4.49. The first kappa shape index (κ1) is 16.9. The minimum absolute atomic E-state index is 0.0463. The number of hydrogen-bond acceptors (Lipinski definition) is 8. The first-order valence-electron chi connectivity index (χ1n) is 7.01. The van der Waals surface area contributed by atoms with Gasteiger partial charge in [-0.1, -0.05) is 0 Å². The summed E-state index contributed by atoms with van der Waals surface area (Å²) in [5.41, 5.74) is -0.290. The lowest BCUT2D eigenvalue weighted by molar-refractivity contribution is -0.161. The van der Waals surface area contributed by atoms with Gasteiger partial charge in [-0.3, -0.25) is 9.59 Å². The van der Waals surface area contributed by atoms with Crippen LogP contribution in [0.2, 0.25) is 0 Å². The Bertz CT molecular complexity index is 668. The molecule has 0 aliphatic rings. The number of rotatable bonds is 6. The molecule has 23 heavy (non-hydrogen) atoms. The number of carbonyl (C=O) groups is 2. The van der Waals surface area contributed by atoms with Gasteiger partial charge in [-0.15, -0.1) is 0 Å². The number of nitrogens with zero attached hydrogens (tertiary/aromatic N) is 2. The molecule has 1 N–H and O–H groups in total. The van der Waals surface area contributed by atoms with Gasteiger partial charge >= 0.3 is 5.97 Å². The smallest absolute Gasteiger partial charge is 0.312 e. The molecule has 0 saturated carbocycles. The van der Waals surface area contributed by atoms with Gasteiger partial charge in [0.15, 0.2) is 17.9 Å². The Kier molecular flexibility index (Phi) is 4.95. The molecule has 0 amide bonds. The van der Waals surface area contributed by atoms with Crippen molar-refractivity contribution < 1.29 is 28.3 Å². The van der Waals surface area contributed by atoms with Crippen LogP contribution in [-0.4, -0.2) is 39.0 Å². The molecule has 0 bridgehead atoms. The summed E-state index contributed by atoms with van der Waals surface area (Å²) in [6.45, 7) is 4.64. The lowest BCUT2D eigenvalue weighted by atomic mass is 10.0. The summed E-state index contributed by atoms with van der Waals surface area (Å²) in [4.78, 5) is 32.0. The molecule has 2 rings (SSSR count). The minimum Gasteiger partial charge on any atom is -0.460 e. The van der Waals surface area contributed by atoms with E-state index in [-0.39, 0.29) is 18.0 Å². The maximum absolute atomic E-state index is 12.2. The molecule has 8 nitrogen and oxygen atoms in total. The molecule has 8 heteroatoms. The maximum Gasteiger partial charge on any atom is 0.312 e. The maximum atomic E-state index is 12.2. The van der Waals surface area contributed by atoms with E-state index in [2.05, 4.69) is 9.97 Å². The molecule has 0 aliphatic heterocycles. The molecule has 0 aliphatic carbocycles. The first-order valence-corrected chi connectivity index (χ1v) is 7.01. The lowest BCUT2D eigenvalue weighted by Crippen LogP contribution is -2.31. The van der Waals surface area contributed by atoms with Crippen molar-refractivity contribution in [2.75, 3.05) is 6.61 Å². The SMILES string of the molecule is CC(C)(C)OC(=O)C(CO)CC(=O)c1coc(-c2cocn2)n1. The standard InChI is InChI=1S/C15H18N2O6/c1-15(2,3)23-14(20)9(5-18)4-12(19)10-7-22-13(17-10)11-6-21-8-16-11/h6-9,18H,4-5H2,1-3H3. The largest absolute Gasteiger partial charge is 0.460 e. The summed E-state index contributed by atoms with van der Waals surface area (Å²) in [5, 5.41) is 9.33. The van der Waals surface area contributed by atoms with Crippen LogP contribution in [0.1, 0.15) is 37.7 Å². The molecule has 2 heterocycles. The van der Waals surface area contributed by atoms with Crippen LogP contribution in [0.3, 0.4) is 0 Å². The Morgan fingerprint density at radius 1 is 1.35 bits per heavy atom. The highest BCUT2D eigenvalue weighted by molar-refractivity contribution is 5.96. The number of esters is 1. The number of aliphatic hydroxyl groups excluding tert-OH is 1. The Hall–Kier alpha value is -2.48. The molecule has 0 aromatic carbocycles. The molecular formula is C15H18N2O6. The van der Waals surface area contributed by atoms with E-state index in [4.69, 9.17) is 13.6 Å². The summed E-state index contributed by atoms with van der Waals surface area (Å²) in [7, 11) is 0.